The van der Waals surface area contributed by atoms with Gasteiger partial charge >= 0.3 is 0 Å². The fraction of sp³-hybridized carbons (Fsp3) is 0.727. The van der Waals surface area contributed by atoms with E-state index in [0.29, 0.717) is 11.5 Å². The van der Waals surface area contributed by atoms with Crippen LogP contribution in [-0.4, -0.2) is 11.0 Å². The van der Waals surface area contributed by atoms with Crippen LogP contribution in [0.3, 0.4) is 0 Å². The molecule has 1 aromatic heterocycles. The normalized spacial score (nSPS) is 14.2. The van der Waals surface area contributed by atoms with Crippen molar-refractivity contribution in [1.29, 1.82) is 0 Å². The van der Waals surface area contributed by atoms with Gasteiger partial charge in [0.15, 0.2) is 0 Å². The molecule has 1 heterocycles. The first kappa shape index (κ1) is 12.6. The van der Waals surface area contributed by atoms with Crippen LogP contribution in [0.2, 0.25) is 0 Å². The summed E-state index contributed by atoms with van der Waals surface area (Å²) < 4.78 is 0. The number of rotatable bonds is 4. The molecule has 0 aliphatic rings. The first-order chi connectivity index (χ1) is 6.90. The number of aryl methyl sites for hydroxylation is 1. The molecule has 0 bridgehead atoms. The maximum atomic E-state index is 5.56. The number of nitrogens with one attached hydrogen (secondary N) is 1. The van der Waals surface area contributed by atoms with E-state index in [1.807, 2.05) is 6.92 Å². The van der Waals surface area contributed by atoms with E-state index in [9.17, 15) is 0 Å². The molecule has 0 saturated carbocycles. The minimum Gasteiger partial charge on any atom is -0.271 e. The van der Waals surface area contributed by atoms with E-state index in [1.165, 1.54) is 5.01 Å². The molecule has 0 aliphatic carbocycles. The minimum atomic E-state index is 0.295. The first-order valence-electron chi connectivity index (χ1n) is 5.28. The predicted molar refractivity (Wildman–Crippen MR) is 65.7 cm³/mol. The Morgan fingerprint density at radius 3 is 2.60 bits per heavy atom. The Morgan fingerprint density at radius 2 is 2.20 bits per heavy atom. The van der Waals surface area contributed by atoms with Gasteiger partial charge < -0.3 is 0 Å². The summed E-state index contributed by atoms with van der Waals surface area (Å²) in [5.74, 6) is 5.56. The molecule has 0 aliphatic heterocycles. The number of hydrazine groups is 1. The summed E-state index contributed by atoms with van der Waals surface area (Å²) in [6.07, 6.45) is 1.98. The van der Waals surface area contributed by atoms with Crippen LogP contribution in [0.25, 0.3) is 0 Å². The molecule has 0 saturated heterocycles. The number of nitrogens with two attached hydrogens (primary N) is 1. The van der Waals surface area contributed by atoms with Gasteiger partial charge in [-0.2, -0.15) is 0 Å². The van der Waals surface area contributed by atoms with Crippen LogP contribution in [0.15, 0.2) is 5.38 Å². The second-order valence-corrected chi connectivity index (χ2v) is 6.16. The van der Waals surface area contributed by atoms with E-state index in [-0.39, 0.29) is 0 Å². The van der Waals surface area contributed by atoms with Gasteiger partial charge in [0.2, 0.25) is 0 Å². The summed E-state index contributed by atoms with van der Waals surface area (Å²) in [4.78, 5) is 4.45. The summed E-state index contributed by atoms with van der Waals surface area (Å²) >= 11 is 1.71. The molecule has 1 aromatic rings. The highest BCUT2D eigenvalue weighted by molar-refractivity contribution is 7.09. The van der Waals surface area contributed by atoms with E-state index in [2.05, 4.69) is 36.6 Å². The topological polar surface area (TPSA) is 50.9 Å². The quantitative estimate of drug-likeness (QED) is 0.613. The third kappa shape index (κ3) is 4.73. The zero-order valence-corrected chi connectivity index (χ0v) is 10.8. The van der Waals surface area contributed by atoms with Gasteiger partial charge in [-0.1, -0.05) is 20.8 Å². The molecule has 0 radical (unpaired) electrons. The average molecular weight is 227 g/mol. The lowest BCUT2D eigenvalue weighted by Gasteiger charge is -2.24. The van der Waals surface area contributed by atoms with E-state index in [0.717, 1.165) is 18.5 Å². The van der Waals surface area contributed by atoms with Gasteiger partial charge in [-0.3, -0.25) is 11.3 Å². The number of hydrogen-bond donors (Lipinski definition) is 2. The van der Waals surface area contributed by atoms with Gasteiger partial charge in [0.25, 0.3) is 0 Å². The molecule has 1 unspecified atom stereocenters. The Morgan fingerprint density at radius 1 is 1.53 bits per heavy atom. The van der Waals surface area contributed by atoms with Crippen LogP contribution in [0.1, 0.15) is 37.9 Å². The van der Waals surface area contributed by atoms with Crippen molar-refractivity contribution in [3.05, 3.63) is 16.1 Å². The van der Waals surface area contributed by atoms with Gasteiger partial charge in [0.1, 0.15) is 0 Å². The van der Waals surface area contributed by atoms with Crippen LogP contribution in [-0.2, 0) is 6.42 Å². The van der Waals surface area contributed by atoms with Crippen LogP contribution in [0.4, 0.5) is 0 Å². The zero-order chi connectivity index (χ0) is 11.5. The summed E-state index contributed by atoms with van der Waals surface area (Å²) in [5.41, 5.74) is 4.28. The van der Waals surface area contributed by atoms with E-state index in [4.69, 9.17) is 5.84 Å². The highest BCUT2D eigenvalue weighted by Gasteiger charge is 2.18. The lowest BCUT2D eigenvalue weighted by atomic mass is 9.87. The second-order valence-electron chi connectivity index (χ2n) is 5.22. The largest absolute Gasteiger partial charge is 0.271 e. The van der Waals surface area contributed by atoms with Gasteiger partial charge in [0.05, 0.1) is 5.01 Å². The van der Waals surface area contributed by atoms with Gasteiger partial charge in [-0.05, 0) is 18.8 Å². The Bertz CT molecular complexity index is 301. The van der Waals surface area contributed by atoms with Crippen molar-refractivity contribution in [2.75, 3.05) is 0 Å². The zero-order valence-electron chi connectivity index (χ0n) is 10.0. The molecule has 4 heteroatoms. The van der Waals surface area contributed by atoms with Crippen molar-refractivity contribution < 1.29 is 0 Å². The van der Waals surface area contributed by atoms with Gasteiger partial charge in [-0.25, -0.2) is 4.98 Å². The molecule has 3 nitrogen and oxygen atoms in total. The van der Waals surface area contributed by atoms with Crippen molar-refractivity contribution >= 4 is 11.3 Å². The average Bonchev–Trinajstić information content (AvgIpc) is 2.47. The lowest BCUT2D eigenvalue weighted by Crippen LogP contribution is -2.39. The van der Waals surface area contributed by atoms with E-state index >= 15 is 0 Å². The molecule has 15 heavy (non-hydrogen) atoms. The van der Waals surface area contributed by atoms with Crippen molar-refractivity contribution in [3.8, 4) is 0 Å². The third-order valence-corrected chi connectivity index (χ3v) is 3.17. The van der Waals surface area contributed by atoms with Crippen LogP contribution >= 0.6 is 11.3 Å². The van der Waals surface area contributed by atoms with Crippen molar-refractivity contribution in [2.45, 2.75) is 46.6 Å². The van der Waals surface area contributed by atoms with Crippen molar-refractivity contribution in [3.63, 3.8) is 0 Å². The molecule has 0 spiro atoms. The molecule has 86 valence electrons. The highest BCUT2D eigenvalue weighted by atomic mass is 32.1. The molecule has 0 amide bonds. The Kier molecular flexibility index (Phi) is 4.25. The monoisotopic (exact) mass is 227 g/mol. The second kappa shape index (κ2) is 5.05. The highest BCUT2D eigenvalue weighted by Crippen LogP contribution is 2.23. The van der Waals surface area contributed by atoms with Gasteiger partial charge in [-0.15, -0.1) is 11.3 Å². The Labute approximate surface area is 96.1 Å². The molecule has 0 aromatic carbocycles. The predicted octanol–water partition coefficient (Wildman–Crippen LogP) is 2.26. The summed E-state index contributed by atoms with van der Waals surface area (Å²) in [6.45, 7) is 8.70. The Hall–Kier alpha value is -0.450. The number of thiazole rings is 1. The maximum absolute atomic E-state index is 5.56. The standard InChI is InChI=1S/C11H21N3S/c1-8-7-15-10(13-8)5-9(14-12)6-11(2,3)4/h7,9,14H,5-6,12H2,1-4H3. The van der Waals surface area contributed by atoms with E-state index < -0.39 is 0 Å². The molecule has 1 rings (SSSR count). The fourth-order valence-corrected chi connectivity index (χ4v) is 2.49. The number of hydrogen-bond acceptors (Lipinski definition) is 4. The van der Waals surface area contributed by atoms with Crippen LogP contribution in [0, 0.1) is 12.3 Å². The molecule has 3 N–H and O–H groups in total. The van der Waals surface area contributed by atoms with Crippen molar-refractivity contribution in [2.24, 2.45) is 11.3 Å². The molecular weight excluding hydrogens is 206 g/mol. The molecule has 1 atom stereocenters. The SMILES string of the molecule is Cc1csc(CC(CC(C)(C)C)NN)n1. The molecular formula is C11H21N3S. The fourth-order valence-electron chi connectivity index (χ4n) is 1.64. The third-order valence-electron chi connectivity index (χ3n) is 2.18. The van der Waals surface area contributed by atoms with Crippen LogP contribution < -0.4 is 11.3 Å². The lowest BCUT2D eigenvalue weighted by molar-refractivity contribution is 0.308. The van der Waals surface area contributed by atoms with Crippen molar-refractivity contribution in [1.82, 2.24) is 10.4 Å². The summed E-state index contributed by atoms with van der Waals surface area (Å²) in [7, 11) is 0. The smallest absolute Gasteiger partial charge is 0.0944 e. The summed E-state index contributed by atoms with van der Waals surface area (Å²) in [5, 5.41) is 3.25. The first-order valence-corrected chi connectivity index (χ1v) is 6.16. The number of aromatic nitrogens is 1. The van der Waals surface area contributed by atoms with E-state index in [1.54, 1.807) is 11.3 Å². The molecule has 0 fully saturated rings. The Balaban J connectivity index is 2.54. The minimum absolute atomic E-state index is 0.295. The van der Waals surface area contributed by atoms with Crippen LogP contribution in [0.5, 0.6) is 0 Å². The van der Waals surface area contributed by atoms with Gasteiger partial charge in [0, 0.05) is 23.5 Å². The maximum Gasteiger partial charge on any atom is 0.0944 e. The summed E-state index contributed by atoms with van der Waals surface area (Å²) in [6, 6.07) is 0.315. The number of nitrogens with zero attached hydrogens (tertiary/aromatic N) is 1.